The number of nitrogens with one attached hydrogen (secondary N) is 2. The van der Waals surface area contributed by atoms with Gasteiger partial charge in [-0.25, -0.2) is 9.07 Å². The standard InChI is InChI=1S/C17H14FN5O2/c1-23-15(21-16(24)11-5-3-2-4-6-11)13(18)14(22-23)17(25)20-12-7-9-19-10-8-12/h2-10H,1H3,(H,21,24)(H,19,20,25). The van der Waals surface area contributed by atoms with E-state index < -0.39 is 23.3 Å². The van der Waals surface area contributed by atoms with Gasteiger partial charge in [-0.15, -0.1) is 0 Å². The molecule has 0 radical (unpaired) electrons. The number of carbonyl (C=O) groups excluding carboxylic acids is 2. The van der Waals surface area contributed by atoms with Gasteiger partial charge >= 0.3 is 0 Å². The molecular weight excluding hydrogens is 325 g/mol. The Morgan fingerprint density at radius 1 is 1.00 bits per heavy atom. The van der Waals surface area contributed by atoms with Crippen molar-refractivity contribution in [2.75, 3.05) is 10.6 Å². The maximum Gasteiger partial charge on any atom is 0.279 e. The molecule has 0 atom stereocenters. The van der Waals surface area contributed by atoms with Gasteiger partial charge in [-0.05, 0) is 24.3 Å². The third kappa shape index (κ3) is 3.52. The summed E-state index contributed by atoms with van der Waals surface area (Å²) >= 11 is 0. The lowest BCUT2D eigenvalue weighted by atomic mass is 10.2. The van der Waals surface area contributed by atoms with E-state index in [2.05, 4.69) is 20.7 Å². The zero-order valence-corrected chi connectivity index (χ0v) is 13.2. The fraction of sp³-hybridized carbons (Fsp3) is 0.0588. The normalized spacial score (nSPS) is 10.3. The Balaban J connectivity index is 1.81. The minimum Gasteiger partial charge on any atom is -0.320 e. The number of hydrogen-bond donors (Lipinski definition) is 2. The van der Waals surface area contributed by atoms with Gasteiger partial charge in [-0.2, -0.15) is 5.10 Å². The Morgan fingerprint density at radius 2 is 1.68 bits per heavy atom. The fourth-order valence-corrected chi connectivity index (χ4v) is 2.17. The van der Waals surface area contributed by atoms with Crippen LogP contribution >= 0.6 is 0 Å². The molecule has 0 aliphatic rings. The highest BCUT2D eigenvalue weighted by Gasteiger charge is 2.23. The first kappa shape index (κ1) is 16.3. The van der Waals surface area contributed by atoms with E-state index in [1.54, 1.807) is 42.5 Å². The Bertz CT molecular complexity index is 910. The third-order valence-corrected chi connectivity index (χ3v) is 3.41. The number of anilines is 2. The predicted molar refractivity (Wildman–Crippen MR) is 89.8 cm³/mol. The molecule has 0 unspecified atom stereocenters. The number of hydrogen-bond acceptors (Lipinski definition) is 4. The molecule has 0 saturated heterocycles. The summed E-state index contributed by atoms with van der Waals surface area (Å²) in [6.07, 6.45) is 2.99. The number of amides is 2. The van der Waals surface area contributed by atoms with Gasteiger partial charge in [-0.1, -0.05) is 18.2 Å². The summed E-state index contributed by atoms with van der Waals surface area (Å²) in [6, 6.07) is 11.5. The quantitative estimate of drug-likeness (QED) is 0.764. The highest BCUT2D eigenvalue weighted by atomic mass is 19.1. The van der Waals surface area contributed by atoms with Crippen LogP contribution in [0.5, 0.6) is 0 Å². The van der Waals surface area contributed by atoms with Crippen LogP contribution in [-0.2, 0) is 7.05 Å². The molecule has 3 aromatic rings. The van der Waals surface area contributed by atoms with Crippen molar-refractivity contribution in [3.05, 3.63) is 71.9 Å². The Morgan fingerprint density at radius 3 is 2.36 bits per heavy atom. The minimum absolute atomic E-state index is 0.186. The number of nitrogens with zero attached hydrogens (tertiary/aromatic N) is 3. The minimum atomic E-state index is -0.904. The van der Waals surface area contributed by atoms with Gasteiger partial charge in [0.2, 0.25) is 0 Å². The van der Waals surface area contributed by atoms with Crippen LogP contribution in [0.1, 0.15) is 20.8 Å². The Labute approximate surface area is 142 Å². The smallest absolute Gasteiger partial charge is 0.279 e. The molecule has 126 valence electrons. The van der Waals surface area contributed by atoms with Gasteiger partial charge in [0.1, 0.15) is 0 Å². The zero-order valence-electron chi connectivity index (χ0n) is 13.2. The number of benzene rings is 1. The number of aryl methyl sites for hydroxylation is 1. The van der Waals surface area contributed by atoms with E-state index in [4.69, 9.17) is 0 Å². The van der Waals surface area contributed by atoms with E-state index in [0.717, 1.165) is 4.68 Å². The van der Waals surface area contributed by atoms with Crippen LogP contribution in [-0.4, -0.2) is 26.6 Å². The maximum absolute atomic E-state index is 14.6. The molecule has 2 aromatic heterocycles. The van der Waals surface area contributed by atoms with E-state index in [1.807, 2.05) is 0 Å². The first-order valence-electron chi connectivity index (χ1n) is 7.36. The predicted octanol–water partition coefficient (Wildman–Crippen LogP) is 2.46. The second-order valence-corrected chi connectivity index (χ2v) is 5.14. The van der Waals surface area contributed by atoms with Gasteiger partial charge in [0.25, 0.3) is 11.8 Å². The molecule has 0 aliphatic heterocycles. The SMILES string of the molecule is Cn1nc(C(=O)Nc2ccncc2)c(F)c1NC(=O)c1ccccc1. The maximum atomic E-state index is 14.6. The average Bonchev–Trinajstić information content (AvgIpc) is 2.91. The second kappa shape index (κ2) is 6.91. The van der Waals surface area contributed by atoms with Crippen molar-refractivity contribution >= 4 is 23.3 Å². The zero-order chi connectivity index (χ0) is 17.8. The average molecular weight is 339 g/mol. The first-order valence-corrected chi connectivity index (χ1v) is 7.36. The van der Waals surface area contributed by atoms with Crippen molar-refractivity contribution in [1.29, 1.82) is 0 Å². The molecule has 2 heterocycles. The molecule has 25 heavy (non-hydrogen) atoms. The number of rotatable bonds is 4. The van der Waals surface area contributed by atoms with Gasteiger partial charge in [0, 0.05) is 30.7 Å². The molecule has 2 amide bonds. The van der Waals surface area contributed by atoms with E-state index in [1.165, 1.54) is 19.4 Å². The van der Waals surface area contributed by atoms with E-state index in [9.17, 15) is 14.0 Å². The molecule has 3 rings (SSSR count). The lowest BCUT2D eigenvalue weighted by Crippen LogP contribution is -2.15. The van der Waals surface area contributed by atoms with Gasteiger partial charge in [0.05, 0.1) is 0 Å². The van der Waals surface area contributed by atoms with Crippen LogP contribution in [0, 0.1) is 5.82 Å². The number of halogens is 1. The molecular formula is C17H14FN5O2. The summed E-state index contributed by atoms with van der Waals surface area (Å²) in [5, 5.41) is 8.80. The summed E-state index contributed by atoms with van der Waals surface area (Å²) in [5.41, 5.74) is 0.411. The fourth-order valence-electron chi connectivity index (χ4n) is 2.17. The van der Waals surface area contributed by atoms with E-state index >= 15 is 0 Å². The Kier molecular flexibility index (Phi) is 4.51. The molecule has 7 nitrogen and oxygen atoms in total. The van der Waals surface area contributed by atoms with Crippen molar-refractivity contribution in [1.82, 2.24) is 14.8 Å². The highest BCUT2D eigenvalue weighted by Crippen LogP contribution is 2.19. The molecule has 0 saturated carbocycles. The van der Waals surface area contributed by atoms with Crippen LogP contribution in [0.25, 0.3) is 0 Å². The molecule has 0 spiro atoms. The molecule has 8 heteroatoms. The first-order chi connectivity index (χ1) is 12.1. The van der Waals surface area contributed by atoms with Crippen LogP contribution < -0.4 is 10.6 Å². The second-order valence-electron chi connectivity index (χ2n) is 5.14. The molecule has 0 aliphatic carbocycles. The van der Waals surface area contributed by atoms with Crippen LogP contribution in [0.2, 0.25) is 0 Å². The monoisotopic (exact) mass is 339 g/mol. The van der Waals surface area contributed by atoms with Crippen molar-refractivity contribution in [2.45, 2.75) is 0 Å². The number of carbonyl (C=O) groups is 2. The number of aromatic nitrogens is 3. The summed E-state index contributed by atoms with van der Waals surface area (Å²) in [5.74, 6) is -2.31. The van der Waals surface area contributed by atoms with Gasteiger partial charge in [0.15, 0.2) is 17.3 Å². The Hall–Kier alpha value is -3.55. The summed E-state index contributed by atoms with van der Waals surface area (Å²) in [6.45, 7) is 0. The van der Waals surface area contributed by atoms with Crippen LogP contribution in [0.15, 0.2) is 54.9 Å². The van der Waals surface area contributed by atoms with Crippen molar-refractivity contribution < 1.29 is 14.0 Å². The molecule has 1 aromatic carbocycles. The molecule has 2 N–H and O–H groups in total. The van der Waals surface area contributed by atoms with Crippen molar-refractivity contribution in [3.63, 3.8) is 0 Å². The van der Waals surface area contributed by atoms with Crippen molar-refractivity contribution in [3.8, 4) is 0 Å². The molecule has 0 fully saturated rings. The summed E-state index contributed by atoms with van der Waals surface area (Å²) < 4.78 is 15.7. The third-order valence-electron chi connectivity index (χ3n) is 3.41. The van der Waals surface area contributed by atoms with E-state index in [0.29, 0.717) is 11.3 Å². The highest BCUT2D eigenvalue weighted by molar-refractivity contribution is 6.06. The largest absolute Gasteiger partial charge is 0.320 e. The number of pyridine rings is 1. The van der Waals surface area contributed by atoms with Crippen LogP contribution in [0.4, 0.5) is 15.9 Å². The van der Waals surface area contributed by atoms with Crippen molar-refractivity contribution in [2.24, 2.45) is 7.05 Å². The van der Waals surface area contributed by atoms with Gasteiger partial charge < -0.3 is 10.6 Å². The van der Waals surface area contributed by atoms with Gasteiger partial charge in [-0.3, -0.25) is 14.6 Å². The van der Waals surface area contributed by atoms with E-state index in [-0.39, 0.29) is 5.82 Å². The lowest BCUT2D eigenvalue weighted by Gasteiger charge is -2.05. The van der Waals surface area contributed by atoms with Crippen LogP contribution in [0.3, 0.4) is 0 Å². The lowest BCUT2D eigenvalue weighted by molar-refractivity contribution is 0.101. The topological polar surface area (TPSA) is 88.9 Å². The molecule has 0 bridgehead atoms. The summed E-state index contributed by atoms with van der Waals surface area (Å²) in [7, 11) is 1.44. The summed E-state index contributed by atoms with van der Waals surface area (Å²) in [4.78, 5) is 28.2.